The van der Waals surface area contributed by atoms with Crippen LogP contribution in [0.2, 0.25) is 0 Å². The third-order valence-corrected chi connectivity index (χ3v) is 6.07. The number of benzene rings is 2. The highest BCUT2D eigenvalue weighted by atomic mass is 32.2. The third-order valence-electron chi connectivity index (χ3n) is 3.86. The van der Waals surface area contributed by atoms with Crippen LogP contribution in [-0.4, -0.2) is 8.42 Å². The molecule has 1 heterocycles. The molecule has 0 aliphatic carbocycles. The Hall–Kier alpha value is -2.62. The van der Waals surface area contributed by atoms with Crippen LogP contribution in [0.4, 0.5) is 5.69 Å². The highest BCUT2D eigenvalue weighted by Gasteiger charge is 2.15. The molecule has 0 spiro atoms. The number of nitriles is 1. The minimum Gasteiger partial charge on any atom is -0.279 e. The van der Waals surface area contributed by atoms with E-state index in [9.17, 15) is 8.42 Å². The van der Waals surface area contributed by atoms with Crippen molar-refractivity contribution in [3.8, 4) is 17.2 Å². The fourth-order valence-corrected chi connectivity index (χ4v) is 4.21. The highest BCUT2D eigenvalue weighted by Crippen LogP contribution is 2.30. The van der Waals surface area contributed by atoms with E-state index in [1.807, 2.05) is 31.4 Å². The quantitative estimate of drug-likeness (QED) is 0.725. The van der Waals surface area contributed by atoms with Gasteiger partial charge in [0.25, 0.3) is 10.0 Å². The molecule has 6 heteroatoms. The van der Waals surface area contributed by atoms with E-state index < -0.39 is 10.0 Å². The fourth-order valence-electron chi connectivity index (χ4n) is 2.38. The Morgan fingerprint density at radius 1 is 1.00 bits per heavy atom. The number of aryl methyl sites for hydroxylation is 2. The van der Waals surface area contributed by atoms with Gasteiger partial charge in [0, 0.05) is 0 Å². The van der Waals surface area contributed by atoms with Crippen molar-refractivity contribution in [1.82, 2.24) is 0 Å². The van der Waals surface area contributed by atoms with E-state index in [0.29, 0.717) is 10.6 Å². The highest BCUT2D eigenvalue weighted by molar-refractivity contribution is 7.92. The molecule has 0 aliphatic rings. The van der Waals surface area contributed by atoms with E-state index in [0.717, 1.165) is 22.3 Å². The predicted octanol–water partition coefficient (Wildman–Crippen LogP) is 4.70. The minimum atomic E-state index is -3.65. The van der Waals surface area contributed by atoms with Crippen LogP contribution in [0.5, 0.6) is 0 Å². The monoisotopic (exact) mass is 368 g/mol. The first-order valence-electron chi connectivity index (χ1n) is 7.58. The number of nitrogens with zero attached hydrogens (tertiary/aromatic N) is 1. The Bertz CT molecular complexity index is 1060. The average Bonchev–Trinajstić information content (AvgIpc) is 3.06. The summed E-state index contributed by atoms with van der Waals surface area (Å²) in [5.41, 5.74) is 4.13. The average molecular weight is 368 g/mol. The van der Waals surface area contributed by atoms with Crippen LogP contribution in [0.3, 0.4) is 0 Å². The molecule has 126 valence electrons. The van der Waals surface area contributed by atoms with E-state index in [1.165, 1.54) is 11.3 Å². The van der Waals surface area contributed by atoms with Gasteiger partial charge in [-0.15, -0.1) is 11.3 Å². The van der Waals surface area contributed by atoms with E-state index in [-0.39, 0.29) is 4.90 Å². The van der Waals surface area contributed by atoms with Crippen LogP contribution in [0, 0.1) is 25.2 Å². The summed E-state index contributed by atoms with van der Waals surface area (Å²) in [6, 6.07) is 16.2. The van der Waals surface area contributed by atoms with Crippen molar-refractivity contribution in [1.29, 1.82) is 5.26 Å². The zero-order valence-electron chi connectivity index (χ0n) is 13.8. The standard InChI is InChI=1S/C19H16N2O2S2/c1-13-3-7-18(8-4-13)25(22,23)21-19-10-15(6-5-14(19)2)16-9-17(11-20)24-12-16/h3-10,12,21H,1-2H3. The van der Waals surface area contributed by atoms with Gasteiger partial charge in [-0.05, 0) is 60.2 Å². The lowest BCUT2D eigenvalue weighted by Crippen LogP contribution is -2.13. The summed E-state index contributed by atoms with van der Waals surface area (Å²) in [7, 11) is -3.65. The van der Waals surface area contributed by atoms with Crippen LogP contribution in [-0.2, 0) is 10.0 Å². The summed E-state index contributed by atoms with van der Waals surface area (Å²) in [6.45, 7) is 3.76. The van der Waals surface area contributed by atoms with Crippen molar-refractivity contribution < 1.29 is 8.42 Å². The van der Waals surface area contributed by atoms with Crippen molar-refractivity contribution in [2.45, 2.75) is 18.7 Å². The normalized spacial score (nSPS) is 11.1. The zero-order valence-corrected chi connectivity index (χ0v) is 15.4. The first-order valence-corrected chi connectivity index (χ1v) is 9.94. The largest absolute Gasteiger partial charge is 0.279 e. The summed E-state index contributed by atoms with van der Waals surface area (Å²) < 4.78 is 27.9. The van der Waals surface area contributed by atoms with Gasteiger partial charge in [0.05, 0.1) is 10.6 Å². The van der Waals surface area contributed by atoms with Crippen LogP contribution in [0.25, 0.3) is 11.1 Å². The second-order valence-corrected chi connectivity index (χ2v) is 8.35. The first kappa shape index (κ1) is 17.2. The summed E-state index contributed by atoms with van der Waals surface area (Å²) in [5.74, 6) is 0. The summed E-state index contributed by atoms with van der Waals surface area (Å²) in [6.07, 6.45) is 0. The molecular formula is C19H16N2O2S2. The Labute approximate surface area is 151 Å². The molecule has 0 bridgehead atoms. The first-order chi connectivity index (χ1) is 11.9. The van der Waals surface area contributed by atoms with Gasteiger partial charge < -0.3 is 0 Å². The number of rotatable bonds is 4. The Balaban J connectivity index is 1.95. The lowest BCUT2D eigenvalue weighted by atomic mass is 10.1. The Kier molecular flexibility index (Phi) is 4.62. The number of thiophene rings is 1. The van der Waals surface area contributed by atoms with E-state index in [2.05, 4.69) is 10.8 Å². The van der Waals surface area contributed by atoms with Crippen LogP contribution < -0.4 is 4.72 Å². The molecule has 2 aromatic carbocycles. The molecule has 0 saturated heterocycles. The summed E-state index contributed by atoms with van der Waals surface area (Å²) in [5, 5.41) is 10.9. The second-order valence-electron chi connectivity index (χ2n) is 5.76. The number of nitrogens with one attached hydrogen (secondary N) is 1. The zero-order chi connectivity index (χ0) is 18.0. The number of hydrogen-bond donors (Lipinski definition) is 1. The topological polar surface area (TPSA) is 70.0 Å². The van der Waals surface area contributed by atoms with Crippen LogP contribution in [0.15, 0.2) is 58.8 Å². The van der Waals surface area contributed by atoms with Crippen LogP contribution in [0.1, 0.15) is 16.0 Å². The smallest absolute Gasteiger partial charge is 0.261 e. The molecule has 0 fully saturated rings. The predicted molar refractivity (Wildman–Crippen MR) is 101 cm³/mol. The molecule has 0 unspecified atom stereocenters. The molecule has 1 aromatic heterocycles. The SMILES string of the molecule is Cc1ccc(S(=O)(=O)Nc2cc(-c3csc(C#N)c3)ccc2C)cc1. The Morgan fingerprint density at radius 3 is 2.36 bits per heavy atom. The van der Waals surface area contributed by atoms with Crippen molar-refractivity contribution in [2.75, 3.05) is 4.72 Å². The van der Waals surface area contributed by atoms with Gasteiger partial charge in [-0.2, -0.15) is 5.26 Å². The maximum Gasteiger partial charge on any atom is 0.261 e. The molecule has 3 rings (SSSR count). The molecule has 3 aromatic rings. The van der Waals surface area contributed by atoms with Gasteiger partial charge in [-0.25, -0.2) is 8.42 Å². The van der Waals surface area contributed by atoms with E-state index in [4.69, 9.17) is 5.26 Å². The van der Waals surface area contributed by atoms with Gasteiger partial charge >= 0.3 is 0 Å². The van der Waals surface area contributed by atoms with Crippen molar-refractivity contribution in [2.24, 2.45) is 0 Å². The third kappa shape index (κ3) is 3.73. The Morgan fingerprint density at radius 2 is 1.72 bits per heavy atom. The van der Waals surface area contributed by atoms with E-state index in [1.54, 1.807) is 36.4 Å². The number of hydrogen-bond acceptors (Lipinski definition) is 4. The van der Waals surface area contributed by atoms with Crippen LogP contribution >= 0.6 is 11.3 Å². The lowest BCUT2D eigenvalue weighted by Gasteiger charge is -2.12. The fraction of sp³-hybridized carbons (Fsp3) is 0.105. The molecule has 4 nitrogen and oxygen atoms in total. The molecule has 25 heavy (non-hydrogen) atoms. The number of anilines is 1. The van der Waals surface area contributed by atoms with Crippen molar-refractivity contribution >= 4 is 27.0 Å². The molecule has 0 radical (unpaired) electrons. The van der Waals surface area contributed by atoms with Crippen molar-refractivity contribution in [3.63, 3.8) is 0 Å². The van der Waals surface area contributed by atoms with Gasteiger partial charge in [0.2, 0.25) is 0 Å². The van der Waals surface area contributed by atoms with E-state index >= 15 is 0 Å². The van der Waals surface area contributed by atoms with Gasteiger partial charge in [0.1, 0.15) is 10.9 Å². The molecule has 0 saturated carbocycles. The minimum absolute atomic E-state index is 0.227. The molecule has 0 amide bonds. The molecule has 0 atom stereocenters. The van der Waals surface area contributed by atoms with Gasteiger partial charge in [-0.1, -0.05) is 29.8 Å². The number of sulfonamides is 1. The maximum atomic E-state index is 12.6. The van der Waals surface area contributed by atoms with Gasteiger partial charge in [-0.3, -0.25) is 4.72 Å². The molecular weight excluding hydrogens is 352 g/mol. The van der Waals surface area contributed by atoms with Gasteiger partial charge in [0.15, 0.2) is 0 Å². The molecule has 1 N–H and O–H groups in total. The maximum absolute atomic E-state index is 12.6. The molecule has 0 aliphatic heterocycles. The second kappa shape index (κ2) is 6.71. The lowest BCUT2D eigenvalue weighted by molar-refractivity contribution is 0.601. The summed E-state index contributed by atoms with van der Waals surface area (Å²) >= 11 is 1.37. The summed E-state index contributed by atoms with van der Waals surface area (Å²) in [4.78, 5) is 0.850. The van der Waals surface area contributed by atoms with Crippen molar-refractivity contribution in [3.05, 3.63) is 69.9 Å².